The first-order valence-corrected chi connectivity index (χ1v) is 18.9. The highest BCUT2D eigenvalue weighted by atomic mass is 16.6. The van der Waals surface area contributed by atoms with Gasteiger partial charge in [-0.3, -0.25) is 14.5 Å². The summed E-state index contributed by atoms with van der Waals surface area (Å²) in [4.78, 5) is 45.1. The molecule has 8 rings (SSSR count). The Bertz CT molecular complexity index is 2240. The van der Waals surface area contributed by atoms with Crippen molar-refractivity contribution in [2.45, 2.75) is 68.2 Å². The van der Waals surface area contributed by atoms with Gasteiger partial charge < -0.3 is 38.5 Å². The van der Waals surface area contributed by atoms with Gasteiger partial charge in [-0.2, -0.15) is 0 Å². The van der Waals surface area contributed by atoms with Gasteiger partial charge in [0, 0.05) is 72.4 Å². The van der Waals surface area contributed by atoms with E-state index in [2.05, 4.69) is 23.1 Å². The Kier molecular flexibility index (Phi) is 9.16. The van der Waals surface area contributed by atoms with Crippen molar-refractivity contribution in [3.63, 3.8) is 0 Å². The lowest BCUT2D eigenvalue weighted by atomic mass is 9.47. The molecule has 6 atom stereocenters. The molecule has 2 N–H and O–H groups in total. The number of nitrogens with zero attached hydrogens (tertiary/aromatic N) is 2. The van der Waals surface area contributed by atoms with Crippen molar-refractivity contribution in [3.8, 4) is 28.6 Å². The number of aliphatic hydroxyl groups is 1. The first-order valence-electron chi connectivity index (χ1n) is 18.9. The van der Waals surface area contributed by atoms with E-state index in [-0.39, 0.29) is 41.2 Å². The molecule has 0 unspecified atom stereocenters. The Morgan fingerprint density at radius 2 is 1.80 bits per heavy atom. The van der Waals surface area contributed by atoms with Crippen LogP contribution in [0, 0.1) is 5.41 Å². The fourth-order valence-corrected chi connectivity index (χ4v) is 10.3. The number of ether oxygens (including phenoxy) is 4. The molecular formula is C43H46N2O10. The quantitative estimate of drug-likeness (QED) is 0.116. The van der Waals surface area contributed by atoms with Crippen molar-refractivity contribution in [3.05, 3.63) is 94.7 Å². The maximum atomic E-state index is 14.1. The molecule has 1 aliphatic carbocycles. The van der Waals surface area contributed by atoms with Crippen LogP contribution in [0.4, 0.5) is 5.69 Å². The molecule has 12 nitrogen and oxygen atoms in total. The van der Waals surface area contributed by atoms with Gasteiger partial charge in [0.1, 0.15) is 34.0 Å². The van der Waals surface area contributed by atoms with Crippen molar-refractivity contribution in [2.24, 2.45) is 5.41 Å². The van der Waals surface area contributed by atoms with Gasteiger partial charge in [-0.1, -0.05) is 55.5 Å². The number of anilines is 1. The molecule has 4 aliphatic rings. The van der Waals surface area contributed by atoms with Crippen LogP contribution >= 0.6 is 0 Å². The summed E-state index contributed by atoms with van der Waals surface area (Å²) >= 11 is 0. The highest BCUT2D eigenvalue weighted by molar-refractivity contribution is 5.88. The van der Waals surface area contributed by atoms with Crippen LogP contribution in [0.2, 0.25) is 0 Å². The van der Waals surface area contributed by atoms with E-state index in [0.29, 0.717) is 49.5 Å². The molecular weight excluding hydrogens is 704 g/mol. The first-order chi connectivity index (χ1) is 26.5. The fraction of sp³-hybridized carbons (Fsp3) is 0.419. The minimum atomic E-state index is -2.22. The Morgan fingerprint density at radius 1 is 1.00 bits per heavy atom. The van der Waals surface area contributed by atoms with Crippen LogP contribution in [0.25, 0.3) is 22.3 Å². The predicted molar refractivity (Wildman–Crippen MR) is 204 cm³/mol. The number of phenols is 1. The Morgan fingerprint density at radius 3 is 2.55 bits per heavy atom. The number of carbonyl (C=O) groups excluding carboxylic acids is 2. The van der Waals surface area contributed by atoms with Crippen molar-refractivity contribution in [1.82, 2.24) is 4.90 Å². The van der Waals surface area contributed by atoms with Crippen molar-refractivity contribution in [2.75, 3.05) is 45.9 Å². The number of phenolic OH excluding ortho intramolecular Hbond substituents is 1. The van der Waals surface area contributed by atoms with Gasteiger partial charge in [0.2, 0.25) is 5.60 Å². The number of methoxy groups -OCH3 is 2. The number of esters is 2. The zero-order valence-electron chi connectivity index (χ0n) is 31.4. The van der Waals surface area contributed by atoms with Crippen LogP contribution in [0.5, 0.6) is 17.2 Å². The van der Waals surface area contributed by atoms with Gasteiger partial charge >= 0.3 is 11.9 Å². The van der Waals surface area contributed by atoms with Crippen LogP contribution in [0.3, 0.4) is 0 Å². The highest BCUT2D eigenvalue weighted by Gasteiger charge is 2.80. The number of rotatable bonds is 11. The summed E-state index contributed by atoms with van der Waals surface area (Å²) in [5, 5.41) is 23.7. The summed E-state index contributed by atoms with van der Waals surface area (Å²) in [6, 6.07) is 18.5. The van der Waals surface area contributed by atoms with Crippen LogP contribution in [0.1, 0.15) is 44.6 Å². The van der Waals surface area contributed by atoms with E-state index in [1.165, 1.54) is 19.2 Å². The van der Waals surface area contributed by atoms with Crippen molar-refractivity contribution < 1.29 is 43.2 Å². The fourth-order valence-electron chi connectivity index (χ4n) is 10.3. The van der Waals surface area contributed by atoms with Gasteiger partial charge in [0.25, 0.3) is 0 Å². The molecule has 1 saturated carbocycles. The third-order valence-corrected chi connectivity index (χ3v) is 12.5. The predicted octanol–water partition coefficient (Wildman–Crippen LogP) is 5.35. The van der Waals surface area contributed by atoms with Gasteiger partial charge in [0.05, 0.1) is 26.9 Å². The number of carbonyl (C=O) groups is 2. The molecule has 288 valence electrons. The third-order valence-electron chi connectivity index (χ3n) is 12.5. The maximum Gasteiger partial charge on any atom is 0.344 e. The molecule has 2 fully saturated rings. The van der Waals surface area contributed by atoms with E-state index >= 15 is 0 Å². The second kappa shape index (κ2) is 13.8. The van der Waals surface area contributed by atoms with E-state index in [0.717, 1.165) is 23.4 Å². The normalized spacial score (nSPS) is 27.7. The zero-order valence-corrected chi connectivity index (χ0v) is 31.4. The van der Waals surface area contributed by atoms with E-state index in [4.69, 9.17) is 23.4 Å². The maximum absolute atomic E-state index is 14.1. The molecule has 4 heterocycles. The molecule has 0 radical (unpaired) electrons. The van der Waals surface area contributed by atoms with Gasteiger partial charge in [-0.15, -0.1) is 0 Å². The molecule has 55 heavy (non-hydrogen) atoms. The summed E-state index contributed by atoms with van der Waals surface area (Å²) in [5.74, 6) is -0.302. The van der Waals surface area contributed by atoms with E-state index in [1.54, 1.807) is 13.2 Å². The number of unbranched alkanes of at least 4 members (excludes halogenated alkanes) is 1. The Labute approximate surface area is 318 Å². The highest BCUT2D eigenvalue weighted by Crippen LogP contribution is 2.67. The monoisotopic (exact) mass is 750 g/mol. The molecule has 4 aromatic rings. The largest absolute Gasteiger partial charge is 0.507 e. The Balaban J connectivity index is 1.02. The molecule has 3 aromatic carbocycles. The van der Waals surface area contributed by atoms with Crippen LogP contribution in [-0.4, -0.2) is 91.8 Å². The van der Waals surface area contributed by atoms with E-state index in [1.807, 2.05) is 61.3 Å². The first kappa shape index (κ1) is 36.6. The smallest absolute Gasteiger partial charge is 0.344 e. The molecule has 1 saturated heterocycles. The summed E-state index contributed by atoms with van der Waals surface area (Å²) in [5.41, 5.74) is -1.34. The summed E-state index contributed by atoms with van der Waals surface area (Å²) in [7, 11) is 4.73. The summed E-state index contributed by atoms with van der Waals surface area (Å²) in [6.07, 6.45) is 4.93. The molecule has 12 heteroatoms. The van der Waals surface area contributed by atoms with Gasteiger partial charge in [0.15, 0.2) is 11.5 Å². The van der Waals surface area contributed by atoms with E-state index < -0.39 is 40.5 Å². The lowest BCUT2D eigenvalue weighted by Crippen LogP contribution is -2.81. The number of hydrogen-bond acceptors (Lipinski definition) is 12. The lowest BCUT2D eigenvalue weighted by molar-refractivity contribution is -0.229. The second-order valence-electron chi connectivity index (χ2n) is 15.1. The SMILES string of the molecule is CC[C@]12C=CCN3CC[C@@]4(c5ccc(OC)cc5N(C)[C@H]4[C@@](O)(C(=O)OC)[C@@H]1OC(=O)CCCCOc1cc(O)c4c(=O)cc(-c5ccccc5)oc4c1)[C@@H]32. The van der Waals surface area contributed by atoms with Gasteiger partial charge in [-0.05, 0) is 43.9 Å². The summed E-state index contributed by atoms with van der Waals surface area (Å²) < 4.78 is 29.2. The summed E-state index contributed by atoms with van der Waals surface area (Å²) in [6.45, 7) is 3.68. The number of hydrogen-bond donors (Lipinski definition) is 2. The van der Waals surface area contributed by atoms with Crippen molar-refractivity contribution >= 4 is 28.6 Å². The minimum Gasteiger partial charge on any atom is -0.507 e. The third kappa shape index (κ3) is 5.43. The second-order valence-corrected chi connectivity index (χ2v) is 15.1. The van der Waals surface area contributed by atoms with Gasteiger partial charge in [-0.25, -0.2) is 4.79 Å². The molecule has 0 amide bonds. The number of likely N-dealkylation sites (N-methyl/N-ethyl adjacent to an activating group) is 1. The molecule has 0 bridgehead atoms. The van der Waals surface area contributed by atoms with Crippen LogP contribution in [-0.2, 0) is 24.5 Å². The minimum absolute atomic E-state index is 0.0103. The lowest BCUT2D eigenvalue weighted by Gasteiger charge is -2.63. The number of benzene rings is 3. The Hall–Kier alpha value is -5.33. The molecule has 1 aromatic heterocycles. The number of aromatic hydroxyl groups is 1. The van der Waals surface area contributed by atoms with Crippen LogP contribution in [0.15, 0.2) is 88.1 Å². The van der Waals surface area contributed by atoms with E-state index in [9.17, 15) is 24.6 Å². The number of fused-ring (bicyclic) bond motifs is 2. The van der Waals surface area contributed by atoms with Crippen molar-refractivity contribution in [1.29, 1.82) is 0 Å². The standard InChI is InChI=1S/C43H46N2O10/c1-5-41-17-11-19-45-20-18-42(37(41)45)29-16-15-27(51-3)22-30(29)44(2)38(42)43(50,40(49)52-4)39(41)55-35(48)14-9-10-21-53-28-23-31(46)36-32(47)25-33(54-34(36)24-28)26-12-7-6-8-13-26/h6-8,11-13,15-17,22-25,37-39,46,50H,5,9-10,14,18-21H2,1-4H3/t37-,38+,39+,41+,42+,43-/m0/s1. The molecule has 3 aliphatic heterocycles. The topological polar surface area (TPSA) is 148 Å². The zero-order chi connectivity index (χ0) is 38.7. The molecule has 1 spiro atoms. The average molecular weight is 751 g/mol. The van der Waals surface area contributed by atoms with Crippen LogP contribution < -0.4 is 19.8 Å². The average Bonchev–Trinajstić information content (AvgIpc) is 3.71.